The summed E-state index contributed by atoms with van der Waals surface area (Å²) in [6.07, 6.45) is 4.67. The first-order chi connectivity index (χ1) is 8.78. The Morgan fingerprint density at radius 3 is 2.50 bits per heavy atom. The van der Waals surface area contributed by atoms with E-state index in [0.29, 0.717) is 19.3 Å². The Labute approximate surface area is 105 Å². The van der Waals surface area contributed by atoms with Crippen LogP contribution < -0.4 is 0 Å². The minimum absolute atomic E-state index is 0.233. The lowest BCUT2D eigenvalue weighted by molar-refractivity contribution is -0.133. The van der Waals surface area contributed by atoms with Crippen LogP contribution in [0.1, 0.15) is 11.1 Å². The third kappa shape index (κ3) is 3.45. The van der Waals surface area contributed by atoms with Gasteiger partial charge in [-0.2, -0.15) is 0 Å². The number of rotatable bonds is 6. The molecule has 1 aromatic heterocycles. The van der Waals surface area contributed by atoms with E-state index in [2.05, 4.69) is 4.98 Å². The molecule has 1 N–H and O–H groups in total. The molecule has 3 nitrogen and oxygen atoms in total. The molecule has 0 saturated heterocycles. The summed E-state index contributed by atoms with van der Waals surface area (Å²) in [5.41, 5.74) is 2.02. The lowest BCUT2D eigenvalue weighted by Gasteiger charge is -2.14. The summed E-state index contributed by atoms with van der Waals surface area (Å²) in [5.74, 6) is -0.266. The molecule has 2 rings (SSSR count). The van der Waals surface area contributed by atoms with E-state index < -0.39 is 0 Å². The minimum atomic E-state index is -0.266. The van der Waals surface area contributed by atoms with E-state index in [1.165, 1.54) is 12.1 Å². The number of H-pyrrole nitrogens is 1. The monoisotopic (exact) mass is 247 g/mol. The highest BCUT2D eigenvalue weighted by Gasteiger charge is 2.12. The molecule has 18 heavy (non-hydrogen) atoms. The first-order valence-electron chi connectivity index (χ1n) is 5.73. The molecule has 0 saturated carbocycles. The molecule has 1 unspecified atom stereocenters. The molecule has 94 valence electrons. The average Bonchev–Trinajstić information content (AvgIpc) is 2.85. The fourth-order valence-electron chi connectivity index (χ4n) is 1.88. The van der Waals surface area contributed by atoms with Crippen molar-refractivity contribution in [1.29, 1.82) is 0 Å². The van der Waals surface area contributed by atoms with Crippen molar-refractivity contribution >= 4 is 6.47 Å². The van der Waals surface area contributed by atoms with Gasteiger partial charge < -0.3 is 9.72 Å². The first kappa shape index (κ1) is 12.4. The molecule has 1 heterocycles. The number of halogens is 1. The van der Waals surface area contributed by atoms with Gasteiger partial charge in [-0.05, 0) is 29.3 Å². The quantitative estimate of drug-likeness (QED) is 0.797. The molecule has 4 heteroatoms. The number of hydrogen-bond acceptors (Lipinski definition) is 2. The van der Waals surface area contributed by atoms with Gasteiger partial charge in [0.25, 0.3) is 6.47 Å². The van der Waals surface area contributed by atoms with Crippen LogP contribution in [-0.4, -0.2) is 17.6 Å². The molecule has 0 spiro atoms. The lowest BCUT2D eigenvalue weighted by Crippen LogP contribution is -2.18. The van der Waals surface area contributed by atoms with Crippen molar-refractivity contribution < 1.29 is 13.9 Å². The van der Waals surface area contributed by atoms with Gasteiger partial charge in [0, 0.05) is 25.2 Å². The number of ether oxygens (including phenoxy) is 1. The maximum absolute atomic E-state index is 12.8. The van der Waals surface area contributed by atoms with E-state index in [0.717, 1.165) is 11.1 Å². The van der Waals surface area contributed by atoms with Gasteiger partial charge in [-0.1, -0.05) is 12.1 Å². The van der Waals surface area contributed by atoms with Gasteiger partial charge in [-0.25, -0.2) is 4.39 Å². The summed E-state index contributed by atoms with van der Waals surface area (Å²) in [4.78, 5) is 13.5. The fraction of sp³-hybridized carbons (Fsp3) is 0.214. The second-order valence-corrected chi connectivity index (χ2v) is 4.11. The molecule has 1 atom stereocenters. The van der Waals surface area contributed by atoms with Gasteiger partial charge in [-0.15, -0.1) is 0 Å². The Morgan fingerprint density at radius 1 is 1.17 bits per heavy atom. The molecular weight excluding hydrogens is 233 g/mol. The normalized spacial score (nSPS) is 12.1. The maximum Gasteiger partial charge on any atom is 0.293 e. The molecule has 0 bridgehead atoms. The van der Waals surface area contributed by atoms with Gasteiger partial charge in [0.15, 0.2) is 0 Å². The van der Waals surface area contributed by atoms with Crippen LogP contribution in [0.3, 0.4) is 0 Å². The molecule has 0 amide bonds. The van der Waals surface area contributed by atoms with Crippen LogP contribution in [0.2, 0.25) is 0 Å². The Bertz CT molecular complexity index is 479. The second-order valence-electron chi connectivity index (χ2n) is 4.11. The van der Waals surface area contributed by atoms with Crippen LogP contribution in [0.25, 0.3) is 0 Å². The predicted octanol–water partition coefficient (Wildman–Crippen LogP) is 2.48. The van der Waals surface area contributed by atoms with E-state index in [1.807, 2.05) is 18.5 Å². The molecule has 0 radical (unpaired) electrons. The Hall–Kier alpha value is -2.10. The summed E-state index contributed by atoms with van der Waals surface area (Å²) in [6, 6.07) is 8.15. The SMILES string of the molecule is O=COC(Cc1ccc(F)cc1)Cc1cc[nH]c1. The molecule has 0 fully saturated rings. The van der Waals surface area contributed by atoms with Crippen molar-refractivity contribution in [3.8, 4) is 0 Å². The van der Waals surface area contributed by atoms with E-state index in [1.54, 1.807) is 12.1 Å². The molecule has 0 aliphatic carbocycles. The minimum Gasteiger partial charge on any atom is -0.464 e. The number of aromatic amines is 1. The van der Waals surface area contributed by atoms with Crippen molar-refractivity contribution in [3.05, 3.63) is 59.7 Å². The standard InChI is InChI=1S/C14H14FNO2/c15-13-3-1-11(2-4-13)7-14(18-10-17)8-12-5-6-16-9-12/h1-6,9-10,14,16H,7-8H2. The summed E-state index contributed by atoms with van der Waals surface area (Å²) in [6.45, 7) is 0.459. The molecular formula is C14H14FNO2. The molecule has 2 aromatic rings. The summed E-state index contributed by atoms with van der Waals surface area (Å²) >= 11 is 0. The zero-order chi connectivity index (χ0) is 12.8. The van der Waals surface area contributed by atoms with E-state index in [4.69, 9.17) is 4.74 Å². The van der Waals surface area contributed by atoms with Crippen molar-refractivity contribution in [2.45, 2.75) is 18.9 Å². The highest BCUT2D eigenvalue weighted by Crippen LogP contribution is 2.12. The Morgan fingerprint density at radius 2 is 1.89 bits per heavy atom. The van der Waals surface area contributed by atoms with Crippen LogP contribution >= 0.6 is 0 Å². The van der Waals surface area contributed by atoms with E-state index >= 15 is 0 Å². The van der Waals surface area contributed by atoms with Gasteiger partial charge in [0.1, 0.15) is 11.9 Å². The molecule has 0 aliphatic rings. The maximum atomic E-state index is 12.8. The van der Waals surface area contributed by atoms with Crippen LogP contribution in [0.4, 0.5) is 4.39 Å². The van der Waals surface area contributed by atoms with E-state index in [-0.39, 0.29) is 11.9 Å². The Balaban J connectivity index is 2.01. The number of hydrogen-bond donors (Lipinski definition) is 1. The highest BCUT2D eigenvalue weighted by atomic mass is 19.1. The largest absolute Gasteiger partial charge is 0.464 e. The van der Waals surface area contributed by atoms with Crippen LogP contribution in [0, 0.1) is 5.82 Å². The van der Waals surface area contributed by atoms with Gasteiger partial charge in [0.2, 0.25) is 0 Å². The van der Waals surface area contributed by atoms with E-state index in [9.17, 15) is 9.18 Å². The number of carbonyl (C=O) groups excluding carboxylic acids is 1. The topological polar surface area (TPSA) is 42.1 Å². The average molecular weight is 247 g/mol. The fourth-order valence-corrected chi connectivity index (χ4v) is 1.88. The number of carbonyl (C=O) groups is 1. The molecule has 0 aliphatic heterocycles. The smallest absolute Gasteiger partial charge is 0.293 e. The van der Waals surface area contributed by atoms with Crippen molar-refractivity contribution in [3.63, 3.8) is 0 Å². The Kier molecular flexibility index (Phi) is 4.12. The summed E-state index contributed by atoms with van der Waals surface area (Å²) in [5, 5.41) is 0. The number of benzene rings is 1. The lowest BCUT2D eigenvalue weighted by atomic mass is 10.0. The second kappa shape index (κ2) is 6.00. The zero-order valence-electron chi connectivity index (χ0n) is 9.80. The van der Waals surface area contributed by atoms with Crippen molar-refractivity contribution in [2.24, 2.45) is 0 Å². The van der Waals surface area contributed by atoms with Crippen LogP contribution in [0.15, 0.2) is 42.7 Å². The third-order valence-corrected chi connectivity index (χ3v) is 2.75. The van der Waals surface area contributed by atoms with Gasteiger partial charge in [-0.3, -0.25) is 4.79 Å². The van der Waals surface area contributed by atoms with Crippen molar-refractivity contribution in [2.75, 3.05) is 0 Å². The summed E-state index contributed by atoms with van der Waals surface area (Å²) < 4.78 is 17.8. The number of aromatic nitrogens is 1. The van der Waals surface area contributed by atoms with Gasteiger partial charge >= 0.3 is 0 Å². The molecule has 1 aromatic carbocycles. The third-order valence-electron chi connectivity index (χ3n) is 2.75. The highest BCUT2D eigenvalue weighted by molar-refractivity contribution is 5.38. The van der Waals surface area contributed by atoms with Crippen LogP contribution in [0.5, 0.6) is 0 Å². The van der Waals surface area contributed by atoms with Crippen molar-refractivity contribution in [1.82, 2.24) is 4.98 Å². The summed E-state index contributed by atoms with van der Waals surface area (Å²) in [7, 11) is 0. The first-order valence-corrected chi connectivity index (χ1v) is 5.73. The predicted molar refractivity (Wildman–Crippen MR) is 65.5 cm³/mol. The van der Waals surface area contributed by atoms with Crippen LogP contribution in [-0.2, 0) is 22.4 Å². The van der Waals surface area contributed by atoms with Gasteiger partial charge in [0.05, 0.1) is 0 Å². The number of nitrogens with one attached hydrogen (secondary N) is 1. The zero-order valence-corrected chi connectivity index (χ0v) is 9.80.